The van der Waals surface area contributed by atoms with E-state index in [0.29, 0.717) is 69.3 Å². The van der Waals surface area contributed by atoms with E-state index in [0.717, 1.165) is 102 Å². The summed E-state index contributed by atoms with van der Waals surface area (Å²) in [4.78, 5) is 31.2. The first-order chi connectivity index (χ1) is 44.4. The second kappa shape index (κ2) is 22.2. The van der Waals surface area contributed by atoms with Gasteiger partial charge in [-0.2, -0.15) is 0 Å². The van der Waals surface area contributed by atoms with Crippen molar-refractivity contribution in [1.82, 2.24) is 16.0 Å². The quantitative estimate of drug-likeness (QED) is 0.0607. The molecule has 0 radical (unpaired) electrons. The Balaban J connectivity index is 0.891. The molecule has 1 aromatic heterocycles. The first kappa shape index (κ1) is 60.3. The van der Waals surface area contributed by atoms with Gasteiger partial charge in [0, 0.05) is 60.2 Å². The van der Waals surface area contributed by atoms with Gasteiger partial charge in [-0.25, -0.2) is 4.79 Å². The van der Waals surface area contributed by atoms with Crippen molar-refractivity contribution in [1.29, 1.82) is 0 Å². The molecule has 15 unspecified atom stereocenters. The Morgan fingerprint density at radius 3 is 2.50 bits per heavy atom. The predicted octanol–water partition coefficient (Wildman–Crippen LogP) is 10.2. The third-order valence-electron chi connectivity index (χ3n) is 25.6. The highest BCUT2D eigenvalue weighted by Crippen LogP contribution is 2.67. The molecule has 15 atom stereocenters. The highest BCUT2D eigenvalue weighted by molar-refractivity contribution is 5.93. The molecule has 92 heavy (non-hydrogen) atoms. The SMILES string of the molecule is CC=C(C(=O)OC1Cc2c3c(c4oc(CO)cc(=O)c4c2O)C2C4=CCNC(N)=C4C(C4CCC5=C6C=CC(C)NC6NC=C5CC4C1(C)O3)C1(CCCC1)Cc1ccc(O)cc1C2CO)C1(O)CC2CC1CC1CC(CC3(O)CCCCC3)C(O)c3cccc2c31. The van der Waals surface area contributed by atoms with Crippen molar-refractivity contribution < 1.29 is 54.4 Å². The zero-order valence-corrected chi connectivity index (χ0v) is 53.2. The number of nitrogens with two attached hydrogens (primary N) is 1. The second-order valence-electron chi connectivity index (χ2n) is 30.3. The van der Waals surface area contributed by atoms with Crippen LogP contribution in [0.5, 0.6) is 17.2 Å². The molecule has 5 aliphatic heterocycles. The summed E-state index contributed by atoms with van der Waals surface area (Å²) in [7, 11) is 0. The molecule has 0 amide bonds. The number of carbonyl (C=O) groups excluding carboxylic acids is 1. The van der Waals surface area contributed by atoms with Crippen molar-refractivity contribution in [3.8, 4) is 17.2 Å². The van der Waals surface area contributed by atoms with E-state index < -0.39 is 82.5 Å². The van der Waals surface area contributed by atoms with Crippen LogP contribution >= 0.6 is 0 Å². The van der Waals surface area contributed by atoms with E-state index >= 15 is 4.79 Å². The minimum Gasteiger partial charge on any atom is -0.508 e. The van der Waals surface area contributed by atoms with Crippen molar-refractivity contribution >= 4 is 16.9 Å². The number of phenols is 2. The fraction of sp³-hybridized carbons (Fsp3) is 0.553. The van der Waals surface area contributed by atoms with Gasteiger partial charge in [0.15, 0.2) is 5.43 Å². The first-order valence-corrected chi connectivity index (χ1v) is 34.6. The molecule has 12 N–H and O–H groups in total. The molecule has 6 heterocycles. The number of aliphatic hydroxyl groups excluding tert-OH is 3. The number of ether oxygens (including phenoxy) is 2. The molecule has 16 heteroatoms. The molecule has 486 valence electrons. The molecule has 16 rings (SSSR count). The highest BCUT2D eigenvalue weighted by Gasteiger charge is 2.63. The van der Waals surface area contributed by atoms with Crippen LogP contribution in [0.15, 0.2) is 121 Å². The Kier molecular flexibility index (Phi) is 14.6. The Bertz CT molecular complexity index is 3990. The van der Waals surface area contributed by atoms with Crippen LogP contribution in [0.1, 0.15) is 204 Å². The lowest BCUT2D eigenvalue weighted by atomic mass is 9.54. The maximum Gasteiger partial charge on any atom is 0.337 e. The number of hydrogen-bond donors (Lipinski definition) is 11. The van der Waals surface area contributed by atoms with Crippen LogP contribution in [0.3, 0.4) is 0 Å². The van der Waals surface area contributed by atoms with Gasteiger partial charge >= 0.3 is 5.97 Å². The van der Waals surface area contributed by atoms with E-state index in [9.17, 15) is 40.5 Å². The maximum atomic E-state index is 16.3. The second-order valence-corrected chi connectivity index (χ2v) is 30.3. The number of benzene rings is 3. The summed E-state index contributed by atoms with van der Waals surface area (Å²) in [5, 5.41) is 96.8. The van der Waals surface area contributed by atoms with Gasteiger partial charge in [0.2, 0.25) is 0 Å². The number of esters is 1. The Hall–Kier alpha value is -6.66. The highest BCUT2D eigenvalue weighted by atomic mass is 16.6. The molecule has 4 aromatic rings. The normalized spacial score (nSPS) is 35.3. The molecule has 7 aliphatic carbocycles. The Morgan fingerprint density at radius 1 is 0.935 bits per heavy atom. The zero-order chi connectivity index (χ0) is 63.5. The lowest BCUT2D eigenvalue weighted by molar-refractivity contribution is -0.173. The average Bonchev–Trinajstić information content (AvgIpc) is 1.02. The number of fused-ring (bicyclic) bond motifs is 14. The van der Waals surface area contributed by atoms with E-state index in [-0.39, 0.29) is 99.9 Å². The number of carbonyl (C=O) groups is 1. The molecule has 1 spiro atoms. The largest absolute Gasteiger partial charge is 0.508 e. The van der Waals surface area contributed by atoms with Gasteiger partial charge in [-0.05, 0) is 213 Å². The number of rotatable bonds is 7. The summed E-state index contributed by atoms with van der Waals surface area (Å²) in [6, 6.07) is 13.0. The molecule has 4 fully saturated rings. The summed E-state index contributed by atoms with van der Waals surface area (Å²) in [5.74, 6) is -3.74. The number of phenolic OH excluding ortho intramolecular Hbond substituents is 2. The van der Waals surface area contributed by atoms with E-state index in [2.05, 4.69) is 60.3 Å². The lowest BCUT2D eigenvalue weighted by Crippen LogP contribution is -2.60. The smallest absolute Gasteiger partial charge is 0.337 e. The number of allylic oxidation sites excluding steroid dienone is 5. The van der Waals surface area contributed by atoms with Crippen LogP contribution in [-0.4, -0.2) is 90.0 Å². The van der Waals surface area contributed by atoms with Crippen molar-refractivity contribution in [2.75, 3.05) is 13.2 Å². The van der Waals surface area contributed by atoms with Crippen LogP contribution in [0.25, 0.3) is 11.0 Å². The average molecular weight is 1250 g/mol. The van der Waals surface area contributed by atoms with E-state index in [1.807, 2.05) is 18.2 Å². The summed E-state index contributed by atoms with van der Waals surface area (Å²) in [6.45, 7) is 5.29. The fourth-order valence-electron chi connectivity index (χ4n) is 21.6. The summed E-state index contributed by atoms with van der Waals surface area (Å²) in [6.07, 6.45) is 21.6. The van der Waals surface area contributed by atoms with Crippen molar-refractivity contribution in [3.63, 3.8) is 0 Å². The molecule has 16 nitrogen and oxygen atoms in total. The predicted molar refractivity (Wildman–Crippen MR) is 347 cm³/mol. The number of nitrogens with one attached hydrogen (secondary N) is 3. The van der Waals surface area contributed by atoms with Crippen molar-refractivity contribution in [2.45, 2.75) is 214 Å². The third kappa shape index (κ3) is 9.16. The minimum absolute atomic E-state index is 0.00966. The van der Waals surface area contributed by atoms with Crippen molar-refractivity contribution in [2.24, 2.45) is 40.7 Å². The van der Waals surface area contributed by atoms with Gasteiger partial charge in [0.05, 0.1) is 29.5 Å². The van der Waals surface area contributed by atoms with Crippen LogP contribution in [-0.2, 0) is 29.0 Å². The van der Waals surface area contributed by atoms with Crippen molar-refractivity contribution in [3.05, 3.63) is 167 Å². The first-order valence-electron chi connectivity index (χ1n) is 34.6. The molecule has 6 bridgehead atoms. The van der Waals surface area contributed by atoms with Gasteiger partial charge in [0.25, 0.3) is 0 Å². The van der Waals surface area contributed by atoms with Gasteiger partial charge in [0.1, 0.15) is 64.3 Å². The van der Waals surface area contributed by atoms with Crippen LogP contribution < -0.4 is 31.8 Å². The van der Waals surface area contributed by atoms with Crippen LogP contribution in [0.2, 0.25) is 0 Å². The molecular formula is C76H90N4O12. The molecule has 12 aliphatic rings. The summed E-state index contributed by atoms with van der Waals surface area (Å²) in [5.41, 5.74) is 13.6. The number of dihydropyridines is 2. The maximum absolute atomic E-state index is 16.3. The Labute approximate surface area is 537 Å². The number of hydrogen-bond acceptors (Lipinski definition) is 16. The standard InChI is InChI=1S/C76H90N4O12/c1-4-56(76(89)34-41-27-44(76)26-40-25-42(33-75(88)22-6-5-7-23-75)66(85)52-12-10-11-48(41)60(40)52)72(87)91-59-31-54-67(86)63-58(84)30-46(36-81)90-69(63)64-61-51-19-24-78-70(77)62(51)65(74(20-8-9-21-74)32-39-14-15-45(83)29-53(39)55(61)37-82)50-18-17-47-43(28-57(50)73(59,3)92-68(54)64)35-79-71-49(47)16-13-38(2)80-71/h4,10-16,19,29-30,35,38,40-42,44,50,55,57,59,61,65-66,71,78-83,85-86,88-89H,5-9,17-18,20-28,31-34,36-37,77H2,1-3H3. The molecule has 4 saturated carbocycles. The molecular weight excluding hydrogens is 1160 g/mol. The lowest BCUT2D eigenvalue weighted by Gasteiger charge is -2.55. The van der Waals surface area contributed by atoms with Gasteiger partial charge in [-0.1, -0.05) is 80.7 Å². The van der Waals surface area contributed by atoms with Gasteiger partial charge < -0.3 is 66.0 Å². The van der Waals surface area contributed by atoms with Crippen LogP contribution in [0, 0.1) is 35.0 Å². The molecule has 3 aromatic carbocycles. The van der Waals surface area contributed by atoms with E-state index in [1.54, 1.807) is 25.1 Å². The van der Waals surface area contributed by atoms with Gasteiger partial charge in [-0.15, -0.1) is 0 Å². The third-order valence-corrected chi connectivity index (χ3v) is 25.6. The molecule has 0 saturated heterocycles. The number of aromatic hydroxyl groups is 2. The fourth-order valence-corrected chi connectivity index (χ4v) is 21.6. The zero-order valence-electron chi connectivity index (χ0n) is 53.2. The van der Waals surface area contributed by atoms with Gasteiger partial charge in [-0.3, -0.25) is 10.1 Å². The Morgan fingerprint density at radius 2 is 1.72 bits per heavy atom. The van der Waals surface area contributed by atoms with E-state index in [1.165, 1.54) is 17.2 Å². The summed E-state index contributed by atoms with van der Waals surface area (Å²) >= 11 is 0. The van der Waals surface area contributed by atoms with Crippen LogP contribution in [0.4, 0.5) is 0 Å². The minimum atomic E-state index is -1.62. The topological polar surface area (TPSA) is 269 Å². The summed E-state index contributed by atoms with van der Waals surface area (Å²) < 4.78 is 22.2. The van der Waals surface area contributed by atoms with E-state index in [4.69, 9.17) is 19.6 Å². The number of aliphatic hydroxyl groups is 5. The monoisotopic (exact) mass is 1250 g/mol.